The Morgan fingerprint density at radius 2 is 2.00 bits per heavy atom. The molecule has 1 fully saturated rings. The molecule has 16 heavy (non-hydrogen) atoms. The Hall–Kier alpha value is -0.620. The van der Waals surface area contributed by atoms with Crippen LogP contribution in [0.15, 0.2) is 29.3 Å². The van der Waals surface area contributed by atoms with Crippen LogP contribution in [0.2, 0.25) is 0 Å². The maximum Gasteiger partial charge on any atom is 0.0522 e. The molecule has 88 valence electrons. The largest absolute Gasteiger partial charge is 0.267 e. The molecule has 2 rings (SSSR count). The van der Waals surface area contributed by atoms with E-state index in [2.05, 4.69) is 43.3 Å². The number of nitrogens with zero attached hydrogens (tertiary/aromatic N) is 2. The summed E-state index contributed by atoms with van der Waals surface area (Å²) < 4.78 is 0. The molecule has 0 N–H and O–H groups in total. The van der Waals surface area contributed by atoms with Crippen molar-refractivity contribution in [1.29, 1.82) is 0 Å². The molecule has 0 heterocycles. The molecule has 1 atom stereocenters. The minimum Gasteiger partial charge on any atom is -0.267 e. The Morgan fingerprint density at radius 3 is 2.62 bits per heavy atom. The first kappa shape index (κ1) is 11.9. The highest BCUT2D eigenvalue weighted by molar-refractivity contribution is 7.03. The van der Waals surface area contributed by atoms with Gasteiger partial charge in [0.1, 0.15) is 0 Å². The molecule has 0 aromatic carbocycles. The third kappa shape index (κ3) is 3.18. The van der Waals surface area contributed by atoms with Gasteiger partial charge in [-0.2, -0.15) is 4.85 Å². The van der Waals surface area contributed by atoms with Crippen molar-refractivity contribution in [3.63, 3.8) is 0 Å². The molecule has 0 amide bonds. The van der Waals surface area contributed by atoms with Crippen molar-refractivity contribution >= 4 is 9.03 Å². The second-order valence-corrected chi connectivity index (χ2v) is 4.98. The lowest BCUT2D eigenvalue weighted by atomic mass is 9.95. The molecule has 0 spiro atoms. The fraction of sp³-hybridized carbons (Fsp3) is 0.692. The van der Waals surface area contributed by atoms with Crippen LogP contribution in [0.3, 0.4) is 0 Å². The Bertz CT molecular complexity index is 280. The third-order valence-electron chi connectivity index (χ3n) is 3.60. The average Bonchev–Trinajstić information content (AvgIpc) is 2.84. The molecule has 2 aliphatic rings. The van der Waals surface area contributed by atoms with Gasteiger partial charge in [0.2, 0.25) is 0 Å². The first-order chi connectivity index (χ1) is 7.90. The van der Waals surface area contributed by atoms with Crippen LogP contribution in [0.1, 0.15) is 44.9 Å². The van der Waals surface area contributed by atoms with Crippen molar-refractivity contribution in [3.05, 3.63) is 24.4 Å². The van der Waals surface area contributed by atoms with Gasteiger partial charge in [-0.05, 0) is 31.6 Å². The Kier molecular flexibility index (Phi) is 4.59. The fourth-order valence-electron chi connectivity index (χ4n) is 2.60. The van der Waals surface area contributed by atoms with Gasteiger partial charge in [0.25, 0.3) is 0 Å². The smallest absolute Gasteiger partial charge is 0.0522 e. The van der Waals surface area contributed by atoms with Gasteiger partial charge in [0.15, 0.2) is 0 Å². The van der Waals surface area contributed by atoms with E-state index in [1.807, 2.05) is 0 Å². The van der Waals surface area contributed by atoms with Crippen molar-refractivity contribution in [1.82, 2.24) is 5.01 Å². The van der Waals surface area contributed by atoms with E-state index in [9.17, 15) is 0 Å². The molecule has 0 aromatic heterocycles. The zero-order chi connectivity index (χ0) is 11.2. The summed E-state index contributed by atoms with van der Waals surface area (Å²) in [5, 5.41) is 2.10. The first-order valence-corrected chi connectivity index (χ1v) is 6.85. The highest BCUT2D eigenvalue weighted by atomic mass is 31.0. The summed E-state index contributed by atoms with van der Waals surface area (Å²) in [7, 11) is 3.29. The van der Waals surface area contributed by atoms with E-state index in [0.29, 0.717) is 12.0 Å². The predicted molar refractivity (Wildman–Crippen MR) is 70.5 cm³/mol. The molecule has 0 radical (unpaired) electrons. The van der Waals surface area contributed by atoms with E-state index in [0.717, 1.165) is 0 Å². The summed E-state index contributed by atoms with van der Waals surface area (Å²) >= 11 is 0. The SMILES string of the molecule is P=NN(/C=C/C1C=CCC1)C1CCCCC1. The molecular formula is C13H21N2P. The molecule has 3 heteroatoms. The lowest BCUT2D eigenvalue weighted by Crippen LogP contribution is -2.27. The minimum atomic E-state index is 0.605. The first-order valence-electron chi connectivity index (χ1n) is 6.41. The molecule has 2 nitrogen and oxygen atoms in total. The van der Waals surface area contributed by atoms with Crippen molar-refractivity contribution in [3.8, 4) is 0 Å². The minimum absolute atomic E-state index is 0.605. The highest BCUT2D eigenvalue weighted by Crippen LogP contribution is 2.24. The second kappa shape index (κ2) is 6.20. The summed E-state index contributed by atoms with van der Waals surface area (Å²) in [5.74, 6) is 0.625. The third-order valence-corrected chi connectivity index (χ3v) is 3.83. The number of hydrogen-bond donors (Lipinski definition) is 0. The van der Waals surface area contributed by atoms with Crippen molar-refractivity contribution in [2.45, 2.75) is 51.0 Å². The zero-order valence-corrected chi connectivity index (χ0v) is 10.8. The molecule has 2 aliphatic carbocycles. The predicted octanol–water partition coefficient (Wildman–Crippen LogP) is 4.34. The lowest BCUT2D eigenvalue weighted by Gasteiger charge is -2.29. The zero-order valence-electron chi connectivity index (χ0n) is 9.81. The summed E-state index contributed by atoms with van der Waals surface area (Å²) in [5.41, 5.74) is 0. The monoisotopic (exact) mass is 236 g/mol. The maximum absolute atomic E-state index is 4.20. The second-order valence-electron chi connectivity index (χ2n) is 4.78. The molecule has 0 saturated heterocycles. The summed E-state index contributed by atoms with van der Waals surface area (Å²) in [4.78, 5) is 4.20. The van der Waals surface area contributed by atoms with E-state index < -0.39 is 0 Å². The summed E-state index contributed by atoms with van der Waals surface area (Å²) in [6, 6.07) is 0.605. The normalized spacial score (nSPS) is 26.4. The quantitative estimate of drug-likeness (QED) is 0.402. The van der Waals surface area contributed by atoms with Crippen LogP contribution < -0.4 is 0 Å². The fourth-order valence-corrected chi connectivity index (χ4v) is 2.83. The maximum atomic E-state index is 4.20. The molecule has 0 aromatic rings. The van der Waals surface area contributed by atoms with Gasteiger partial charge in [-0.1, -0.05) is 37.5 Å². The van der Waals surface area contributed by atoms with Gasteiger partial charge in [-0.3, -0.25) is 5.01 Å². The van der Waals surface area contributed by atoms with Crippen LogP contribution in [-0.4, -0.2) is 11.1 Å². The topological polar surface area (TPSA) is 15.6 Å². The number of allylic oxidation sites excluding steroid dienone is 3. The Morgan fingerprint density at radius 1 is 1.19 bits per heavy atom. The van der Waals surface area contributed by atoms with Crippen LogP contribution in [0.4, 0.5) is 0 Å². The van der Waals surface area contributed by atoms with E-state index >= 15 is 0 Å². The van der Waals surface area contributed by atoms with Crippen molar-refractivity contribution in [2.24, 2.45) is 10.8 Å². The summed E-state index contributed by atoms with van der Waals surface area (Å²) in [6.07, 6.45) is 18.1. The van der Waals surface area contributed by atoms with Gasteiger partial charge < -0.3 is 0 Å². The number of hydrogen-bond acceptors (Lipinski definition) is 1. The summed E-state index contributed by atoms with van der Waals surface area (Å²) in [6.45, 7) is 0. The van der Waals surface area contributed by atoms with Gasteiger partial charge in [0.05, 0.1) is 6.04 Å². The Labute approximate surface area is 101 Å². The van der Waals surface area contributed by atoms with E-state index in [4.69, 9.17) is 0 Å². The Balaban J connectivity index is 1.88. The molecule has 1 saturated carbocycles. The van der Waals surface area contributed by atoms with E-state index in [1.165, 1.54) is 44.9 Å². The molecule has 1 unspecified atom stereocenters. The van der Waals surface area contributed by atoms with Gasteiger partial charge >= 0.3 is 0 Å². The van der Waals surface area contributed by atoms with Crippen LogP contribution in [0, 0.1) is 5.92 Å². The van der Waals surface area contributed by atoms with Crippen molar-refractivity contribution < 1.29 is 0 Å². The molecule has 0 bridgehead atoms. The van der Waals surface area contributed by atoms with Crippen LogP contribution in [0.25, 0.3) is 0 Å². The van der Waals surface area contributed by atoms with Gasteiger partial charge in [0, 0.05) is 15.2 Å². The standard InChI is InChI=1S/C13H21N2P/c16-14-15(13-8-2-1-3-9-13)11-10-12-6-4-5-7-12/h4,6,10-13,16H,1-3,5,7-9H2/b11-10+. The number of rotatable bonds is 4. The van der Waals surface area contributed by atoms with E-state index in [1.54, 1.807) is 0 Å². The highest BCUT2D eigenvalue weighted by Gasteiger charge is 2.18. The molecular weight excluding hydrogens is 215 g/mol. The van der Waals surface area contributed by atoms with Crippen LogP contribution >= 0.6 is 9.03 Å². The van der Waals surface area contributed by atoms with Gasteiger partial charge in [-0.15, -0.1) is 0 Å². The lowest BCUT2D eigenvalue weighted by molar-refractivity contribution is 0.228. The van der Waals surface area contributed by atoms with Gasteiger partial charge in [-0.25, -0.2) is 0 Å². The molecule has 0 aliphatic heterocycles. The van der Waals surface area contributed by atoms with E-state index in [-0.39, 0.29) is 0 Å². The van der Waals surface area contributed by atoms with Crippen LogP contribution in [0.5, 0.6) is 0 Å². The van der Waals surface area contributed by atoms with Crippen LogP contribution in [-0.2, 0) is 0 Å². The average molecular weight is 236 g/mol. The van der Waals surface area contributed by atoms with Crippen molar-refractivity contribution in [2.75, 3.05) is 0 Å².